The summed E-state index contributed by atoms with van der Waals surface area (Å²) >= 11 is 0. The summed E-state index contributed by atoms with van der Waals surface area (Å²) in [6, 6.07) is 5.89. The standard InChI is InChI=1S/C22H32N4O/c1-16-11-17(2)15-25(14-16)10-6-9-24-22(27)21-12-18(3)26(19(21)4)20-7-5-8-23-13-20/h5,7-8,12-13,16-17H,6,9-11,14-15H2,1-4H3,(H,24,27). The fourth-order valence-electron chi connectivity index (χ4n) is 4.45. The molecule has 0 spiro atoms. The molecule has 27 heavy (non-hydrogen) atoms. The molecule has 3 heterocycles. The van der Waals surface area contributed by atoms with E-state index in [9.17, 15) is 4.79 Å². The van der Waals surface area contributed by atoms with Gasteiger partial charge in [-0.05, 0) is 63.3 Å². The van der Waals surface area contributed by atoms with E-state index in [2.05, 4.69) is 33.6 Å². The van der Waals surface area contributed by atoms with Crippen molar-refractivity contribution in [1.82, 2.24) is 19.8 Å². The van der Waals surface area contributed by atoms with Crippen LogP contribution in [-0.4, -0.2) is 46.5 Å². The van der Waals surface area contributed by atoms with Gasteiger partial charge in [0.2, 0.25) is 0 Å². The minimum Gasteiger partial charge on any atom is -0.352 e. The number of hydrogen-bond acceptors (Lipinski definition) is 3. The molecule has 1 aliphatic heterocycles. The zero-order valence-electron chi connectivity index (χ0n) is 17.0. The molecule has 2 aromatic rings. The number of aryl methyl sites for hydroxylation is 1. The smallest absolute Gasteiger partial charge is 0.253 e. The highest BCUT2D eigenvalue weighted by molar-refractivity contribution is 5.95. The number of nitrogens with zero attached hydrogens (tertiary/aromatic N) is 3. The first-order valence-corrected chi connectivity index (χ1v) is 10.1. The first kappa shape index (κ1) is 19.6. The van der Waals surface area contributed by atoms with Gasteiger partial charge in [-0.15, -0.1) is 0 Å². The Morgan fingerprint density at radius 3 is 2.67 bits per heavy atom. The molecule has 1 fully saturated rings. The zero-order chi connectivity index (χ0) is 19.4. The zero-order valence-corrected chi connectivity index (χ0v) is 17.0. The average Bonchev–Trinajstić information content (AvgIpc) is 2.93. The molecule has 0 aliphatic carbocycles. The second-order valence-electron chi connectivity index (χ2n) is 8.15. The summed E-state index contributed by atoms with van der Waals surface area (Å²) in [6.07, 6.45) is 5.91. The van der Waals surface area contributed by atoms with Gasteiger partial charge >= 0.3 is 0 Å². The third-order valence-electron chi connectivity index (χ3n) is 5.46. The van der Waals surface area contributed by atoms with Gasteiger partial charge in [0.05, 0.1) is 17.4 Å². The van der Waals surface area contributed by atoms with Gasteiger partial charge in [0.25, 0.3) is 5.91 Å². The van der Waals surface area contributed by atoms with E-state index in [1.54, 1.807) is 6.20 Å². The largest absolute Gasteiger partial charge is 0.352 e. The fourth-order valence-corrected chi connectivity index (χ4v) is 4.45. The van der Waals surface area contributed by atoms with Gasteiger partial charge in [0.15, 0.2) is 0 Å². The Morgan fingerprint density at radius 1 is 1.26 bits per heavy atom. The summed E-state index contributed by atoms with van der Waals surface area (Å²) < 4.78 is 2.08. The number of aromatic nitrogens is 2. The van der Waals surface area contributed by atoms with Crippen molar-refractivity contribution >= 4 is 5.91 Å². The van der Waals surface area contributed by atoms with Crippen LogP contribution in [0.5, 0.6) is 0 Å². The third kappa shape index (κ3) is 4.78. The second-order valence-corrected chi connectivity index (χ2v) is 8.15. The average molecular weight is 369 g/mol. The topological polar surface area (TPSA) is 50.2 Å². The van der Waals surface area contributed by atoms with Crippen LogP contribution < -0.4 is 5.32 Å². The first-order valence-electron chi connectivity index (χ1n) is 10.1. The number of hydrogen-bond donors (Lipinski definition) is 1. The van der Waals surface area contributed by atoms with E-state index in [0.717, 1.165) is 47.4 Å². The van der Waals surface area contributed by atoms with Gasteiger partial charge in [-0.2, -0.15) is 0 Å². The van der Waals surface area contributed by atoms with Crippen molar-refractivity contribution in [2.75, 3.05) is 26.2 Å². The number of carbonyl (C=O) groups excluding carboxylic acids is 1. The lowest BCUT2D eigenvalue weighted by Crippen LogP contribution is -2.40. The van der Waals surface area contributed by atoms with Crippen LogP contribution in [0.2, 0.25) is 0 Å². The molecular formula is C22H32N4O. The molecule has 0 radical (unpaired) electrons. The van der Waals surface area contributed by atoms with Gasteiger partial charge in [-0.25, -0.2) is 0 Å². The second kappa shape index (κ2) is 8.70. The van der Waals surface area contributed by atoms with Crippen LogP contribution in [0.1, 0.15) is 48.4 Å². The third-order valence-corrected chi connectivity index (χ3v) is 5.46. The molecule has 5 nitrogen and oxygen atoms in total. The highest BCUT2D eigenvalue weighted by atomic mass is 16.1. The molecule has 146 valence electrons. The Hall–Kier alpha value is -2.14. The lowest BCUT2D eigenvalue weighted by Gasteiger charge is -2.34. The van der Waals surface area contributed by atoms with E-state index in [0.29, 0.717) is 6.54 Å². The molecule has 0 saturated carbocycles. The lowest BCUT2D eigenvalue weighted by atomic mass is 9.92. The van der Waals surface area contributed by atoms with E-state index in [4.69, 9.17) is 0 Å². The molecule has 3 rings (SSSR count). The summed E-state index contributed by atoms with van der Waals surface area (Å²) in [4.78, 5) is 19.4. The molecular weight excluding hydrogens is 336 g/mol. The number of rotatable bonds is 6. The maximum Gasteiger partial charge on any atom is 0.253 e. The van der Waals surface area contributed by atoms with Crippen molar-refractivity contribution in [1.29, 1.82) is 0 Å². The van der Waals surface area contributed by atoms with Crippen LogP contribution >= 0.6 is 0 Å². The molecule has 1 amide bonds. The Bertz CT molecular complexity index is 758. The number of piperidine rings is 1. The number of amides is 1. The number of pyridine rings is 1. The Kier molecular flexibility index (Phi) is 6.32. The SMILES string of the molecule is Cc1cc(C(=O)NCCCN2CC(C)CC(C)C2)c(C)n1-c1cccnc1. The van der Waals surface area contributed by atoms with Crippen LogP contribution in [0.25, 0.3) is 5.69 Å². The van der Waals surface area contributed by atoms with Crippen molar-refractivity contribution < 1.29 is 4.79 Å². The van der Waals surface area contributed by atoms with Gasteiger partial charge < -0.3 is 14.8 Å². The highest BCUT2D eigenvalue weighted by Gasteiger charge is 2.21. The normalized spacial score (nSPS) is 20.6. The van der Waals surface area contributed by atoms with Gasteiger partial charge in [-0.3, -0.25) is 9.78 Å². The van der Waals surface area contributed by atoms with E-state index in [-0.39, 0.29) is 5.91 Å². The highest BCUT2D eigenvalue weighted by Crippen LogP contribution is 2.21. The maximum absolute atomic E-state index is 12.7. The molecule has 2 aromatic heterocycles. The maximum atomic E-state index is 12.7. The monoisotopic (exact) mass is 368 g/mol. The summed E-state index contributed by atoms with van der Waals surface area (Å²) in [5, 5.41) is 3.10. The quantitative estimate of drug-likeness (QED) is 0.793. The summed E-state index contributed by atoms with van der Waals surface area (Å²) in [5.74, 6) is 1.57. The predicted octanol–water partition coefficient (Wildman–Crippen LogP) is 3.59. The molecule has 0 bridgehead atoms. The Morgan fingerprint density at radius 2 is 2.00 bits per heavy atom. The van der Waals surface area contributed by atoms with E-state index in [1.807, 2.05) is 38.2 Å². The summed E-state index contributed by atoms with van der Waals surface area (Å²) in [5.41, 5.74) is 3.73. The van der Waals surface area contributed by atoms with Crippen molar-refractivity contribution in [3.05, 3.63) is 47.5 Å². The van der Waals surface area contributed by atoms with Crippen LogP contribution in [0.15, 0.2) is 30.6 Å². The van der Waals surface area contributed by atoms with Gasteiger partial charge in [-0.1, -0.05) is 13.8 Å². The first-order chi connectivity index (χ1) is 13.0. The molecule has 5 heteroatoms. The lowest BCUT2D eigenvalue weighted by molar-refractivity contribution is 0.0946. The molecule has 1 N–H and O–H groups in total. The van der Waals surface area contributed by atoms with E-state index >= 15 is 0 Å². The van der Waals surface area contributed by atoms with Gasteiger partial charge in [0.1, 0.15) is 0 Å². The van der Waals surface area contributed by atoms with Crippen LogP contribution in [0.4, 0.5) is 0 Å². The van der Waals surface area contributed by atoms with Crippen molar-refractivity contribution in [2.24, 2.45) is 11.8 Å². The van der Waals surface area contributed by atoms with Crippen LogP contribution in [0, 0.1) is 25.7 Å². The van der Waals surface area contributed by atoms with Crippen molar-refractivity contribution in [2.45, 2.75) is 40.5 Å². The molecule has 0 aromatic carbocycles. The predicted molar refractivity (Wildman–Crippen MR) is 109 cm³/mol. The van der Waals surface area contributed by atoms with E-state index < -0.39 is 0 Å². The molecule has 2 unspecified atom stereocenters. The summed E-state index contributed by atoms with van der Waals surface area (Å²) in [7, 11) is 0. The van der Waals surface area contributed by atoms with Crippen LogP contribution in [0.3, 0.4) is 0 Å². The minimum atomic E-state index is 0.0126. The Balaban J connectivity index is 1.54. The number of carbonyl (C=O) groups is 1. The van der Waals surface area contributed by atoms with Gasteiger partial charge in [0, 0.05) is 37.2 Å². The molecule has 2 atom stereocenters. The number of nitrogens with one attached hydrogen (secondary N) is 1. The van der Waals surface area contributed by atoms with Crippen LogP contribution in [-0.2, 0) is 0 Å². The molecule has 1 aliphatic rings. The summed E-state index contributed by atoms with van der Waals surface area (Å²) in [6.45, 7) is 12.8. The molecule has 1 saturated heterocycles. The fraction of sp³-hybridized carbons (Fsp3) is 0.545. The Labute approximate surface area is 162 Å². The van der Waals surface area contributed by atoms with E-state index in [1.165, 1.54) is 19.5 Å². The van der Waals surface area contributed by atoms with Crippen molar-refractivity contribution in [3.8, 4) is 5.69 Å². The minimum absolute atomic E-state index is 0.0126. The van der Waals surface area contributed by atoms with Crippen molar-refractivity contribution in [3.63, 3.8) is 0 Å². The number of likely N-dealkylation sites (tertiary alicyclic amines) is 1.